The van der Waals surface area contributed by atoms with Gasteiger partial charge in [0.2, 0.25) is 0 Å². The van der Waals surface area contributed by atoms with Crippen molar-refractivity contribution in [3.05, 3.63) is 78.4 Å². The number of aliphatic hydroxyl groups excluding tert-OH is 1. The van der Waals surface area contributed by atoms with Crippen LogP contribution in [0, 0.1) is 0 Å². The Balaban J connectivity index is 1.39. The fraction of sp³-hybridized carbons (Fsp3) is 0.208. The first-order valence-electron chi connectivity index (χ1n) is 10.4. The summed E-state index contributed by atoms with van der Waals surface area (Å²) in [5, 5.41) is 21.2. The Hall–Kier alpha value is -3.36. The minimum atomic E-state index is -0.192. The molecule has 2 N–H and O–H groups in total. The van der Waals surface area contributed by atoms with E-state index in [2.05, 4.69) is 15.5 Å². The van der Waals surface area contributed by atoms with Gasteiger partial charge in [0.1, 0.15) is 22.5 Å². The molecule has 0 spiro atoms. The van der Waals surface area contributed by atoms with Crippen LogP contribution >= 0.6 is 11.8 Å². The number of nitrogens with zero attached hydrogens (tertiary/aromatic N) is 3. The van der Waals surface area contributed by atoms with Crippen LogP contribution in [0.1, 0.15) is 5.56 Å². The molecule has 1 amide bonds. The minimum absolute atomic E-state index is 0.0392. The molecule has 0 unspecified atom stereocenters. The molecule has 0 aliphatic carbocycles. The van der Waals surface area contributed by atoms with E-state index < -0.39 is 0 Å². The molecule has 8 heteroatoms. The Morgan fingerprint density at radius 2 is 1.72 bits per heavy atom. The van der Waals surface area contributed by atoms with Crippen LogP contribution in [-0.4, -0.2) is 51.5 Å². The quantitative estimate of drug-likeness (QED) is 0.286. The second-order valence-electron chi connectivity index (χ2n) is 7.05. The van der Waals surface area contributed by atoms with Crippen molar-refractivity contribution >= 4 is 28.7 Å². The molecule has 1 aromatic heterocycles. The highest BCUT2D eigenvalue weighted by Crippen LogP contribution is 2.25. The summed E-state index contributed by atoms with van der Waals surface area (Å²) >= 11 is 1.69. The average molecular weight is 449 g/mol. The molecule has 3 aromatic carbocycles. The van der Waals surface area contributed by atoms with Gasteiger partial charge in [-0.2, -0.15) is 0 Å². The van der Waals surface area contributed by atoms with Crippen LogP contribution in [0.2, 0.25) is 0 Å². The normalized spacial score (nSPS) is 10.9. The van der Waals surface area contributed by atoms with Crippen LogP contribution < -0.4 is 10.1 Å². The third kappa shape index (κ3) is 5.66. The molecule has 164 valence electrons. The van der Waals surface area contributed by atoms with Crippen LogP contribution in [0.3, 0.4) is 0 Å². The van der Waals surface area contributed by atoms with E-state index in [0.29, 0.717) is 24.4 Å². The first-order chi connectivity index (χ1) is 15.7. The fourth-order valence-electron chi connectivity index (χ4n) is 3.16. The molecule has 0 saturated carbocycles. The lowest BCUT2D eigenvalue weighted by Gasteiger charge is -2.12. The van der Waals surface area contributed by atoms with Gasteiger partial charge in [-0.1, -0.05) is 36.4 Å². The third-order valence-electron chi connectivity index (χ3n) is 4.72. The molecule has 0 atom stereocenters. The molecule has 0 radical (unpaired) electrons. The summed E-state index contributed by atoms with van der Waals surface area (Å²) in [4.78, 5) is 14.9. The van der Waals surface area contributed by atoms with Gasteiger partial charge in [0, 0.05) is 23.8 Å². The maximum Gasteiger partial charge on any atom is 0.257 e. The molecule has 1 heterocycles. The second kappa shape index (κ2) is 10.8. The van der Waals surface area contributed by atoms with Gasteiger partial charge in [0.15, 0.2) is 6.61 Å². The molecule has 0 aliphatic heterocycles. The summed E-state index contributed by atoms with van der Waals surface area (Å²) in [5.41, 5.74) is 3.08. The topological polar surface area (TPSA) is 89.3 Å². The zero-order valence-electron chi connectivity index (χ0n) is 17.5. The highest BCUT2D eigenvalue weighted by atomic mass is 32.2. The summed E-state index contributed by atoms with van der Waals surface area (Å²) in [6.45, 7) is 0.483. The molecule has 0 aliphatic rings. The number of nitrogens with one attached hydrogen (secondary N) is 1. The summed E-state index contributed by atoms with van der Waals surface area (Å²) in [7, 11) is 0. The molecule has 0 fully saturated rings. The Labute approximate surface area is 190 Å². The largest absolute Gasteiger partial charge is 0.481 e. The van der Waals surface area contributed by atoms with Gasteiger partial charge < -0.3 is 15.2 Å². The standard InChI is InChI=1S/C24H24N4O3S/c29-14-12-18-10-11-23(22(16-18)28-26-20-8-4-5-9-21(20)27-28)31-17-24(30)25-13-15-32-19-6-2-1-3-7-19/h1-11,16,29H,12-15,17H2,(H,25,30). The average Bonchev–Trinajstić information content (AvgIpc) is 3.26. The van der Waals surface area contributed by atoms with Crippen LogP contribution in [0.25, 0.3) is 16.7 Å². The molecular weight excluding hydrogens is 424 g/mol. The van der Waals surface area contributed by atoms with Crippen molar-refractivity contribution in [2.45, 2.75) is 11.3 Å². The number of ether oxygens (including phenoxy) is 1. The monoisotopic (exact) mass is 448 g/mol. The number of carbonyl (C=O) groups excluding carboxylic acids is 1. The fourth-order valence-corrected chi connectivity index (χ4v) is 3.95. The molecule has 7 nitrogen and oxygen atoms in total. The van der Waals surface area contributed by atoms with E-state index in [1.165, 1.54) is 9.69 Å². The highest BCUT2D eigenvalue weighted by molar-refractivity contribution is 7.99. The van der Waals surface area contributed by atoms with Gasteiger partial charge in [0.05, 0.1) is 0 Å². The maximum absolute atomic E-state index is 12.3. The molecule has 32 heavy (non-hydrogen) atoms. The number of hydrogen-bond donors (Lipinski definition) is 2. The van der Waals surface area contributed by atoms with Crippen molar-refractivity contribution in [2.24, 2.45) is 0 Å². The SMILES string of the molecule is O=C(COc1ccc(CCO)cc1-n1nc2ccccc2n1)NCCSc1ccccc1. The number of hydrogen-bond acceptors (Lipinski definition) is 6. The lowest BCUT2D eigenvalue weighted by Crippen LogP contribution is -2.30. The predicted octanol–water partition coefficient (Wildman–Crippen LogP) is 3.24. The van der Waals surface area contributed by atoms with Gasteiger partial charge in [-0.3, -0.25) is 4.79 Å². The van der Waals surface area contributed by atoms with Crippen molar-refractivity contribution in [2.75, 3.05) is 25.5 Å². The number of fused-ring (bicyclic) bond motifs is 1. The first-order valence-corrected chi connectivity index (χ1v) is 11.3. The van der Waals surface area contributed by atoms with E-state index >= 15 is 0 Å². The lowest BCUT2D eigenvalue weighted by molar-refractivity contribution is -0.122. The van der Waals surface area contributed by atoms with Gasteiger partial charge in [0.25, 0.3) is 5.91 Å². The number of thioether (sulfide) groups is 1. The van der Waals surface area contributed by atoms with E-state index in [1.807, 2.05) is 66.7 Å². The van der Waals surface area contributed by atoms with E-state index in [9.17, 15) is 9.90 Å². The molecule has 0 saturated heterocycles. The lowest BCUT2D eigenvalue weighted by atomic mass is 10.1. The summed E-state index contributed by atoms with van der Waals surface area (Å²) < 4.78 is 5.82. The smallest absolute Gasteiger partial charge is 0.257 e. The molecule has 0 bridgehead atoms. The van der Waals surface area contributed by atoms with Crippen LogP contribution in [0.5, 0.6) is 5.75 Å². The predicted molar refractivity (Wildman–Crippen MR) is 125 cm³/mol. The van der Waals surface area contributed by atoms with Crippen molar-refractivity contribution in [3.8, 4) is 11.4 Å². The van der Waals surface area contributed by atoms with Crippen molar-refractivity contribution in [1.82, 2.24) is 20.3 Å². The summed E-state index contributed by atoms with van der Waals surface area (Å²) in [5.74, 6) is 1.09. The van der Waals surface area contributed by atoms with Gasteiger partial charge in [-0.05, 0) is 48.4 Å². The van der Waals surface area contributed by atoms with Crippen molar-refractivity contribution in [3.63, 3.8) is 0 Å². The van der Waals surface area contributed by atoms with Crippen molar-refractivity contribution in [1.29, 1.82) is 0 Å². The third-order valence-corrected chi connectivity index (χ3v) is 5.73. The number of carbonyl (C=O) groups is 1. The zero-order chi connectivity index (χ0) is 22.2. The Morgan fingerprint density at radius 3 is 2.44 bits per heavy atom. The van der Waals surface area contributed by atoms with Crippen molar-refractivity contribution < 1.29 is 14.6 Å². The summed E-state index contributed by atoms with van der Waals surface area (Å²) in [6, 6.07) is 23.2. The highest BCUT2D eigenvalue weighted by Gasteiger charge is 2.13. The van der Waals surface area contributed by atoms with E-state index in [1.54, 1.807) is 17.8 Å². The van der Waals surface area contributed by atoms with Crippen LogP contribution in [0.4, 0.5) is 0 Å². The van der Waals surface area contributed by atoms with Crippen LogP contribution in [0.15, 0.2) is 77.7 Å². The maximum atomic E-state index is 12.3. The van der Waals surface area contributed by atoms with E-state index in [0.717, 1.165) is 22.3 Å². The van der Waals surface area contributed by atoms with Gasteiger partial charge in [-0.15, -0.1) is 26.8 Å². The minimum Gasteiger partial charge on any atom is -0.481 e. The molecular formula is C24H24N4O3S. The number of aromatic nitrogens is 3. The number of amides is 1. The molecule has 4 aromatic rings. The van der Waals surface area contributed by atoms with Crippen LogP contribution in [-0.2, 0) is 11.2 Å². The number of rotatable bonds is 10. The molecule has 4 rings (SSSR count). The van der Waals surface area contributed by atoms with E-state index in [4.69, 9.17) is 4.74 Å². The second-order valence-corrected chi connectivity index (χ2v) is 8.22. The Bertz CT molecular complexity index is 1150. The summed E-state index contributed by atoms with van der Waals surface area (Å²) in [6.07, 6.45) is 0.508. The zero-order valence-corrected chi connectivity index (χ0v) is 18.3. The van der Waals surface area contributed by atoms with Gasteiger partial charge >= 0.3 is 0 Å². The van der Waals surface area contributed by atoms with E-state index in [-0.39, 0.29) is 19.1 Å². The first kappa shape index (κ1) is 21.9. The van der Waals surface area contributed by atoms with Gasteiger partial charge in [-0.25, -0.2) is 0 Å². The Morgan fingerprint density at radius 1 is 1.00 bits per heavy atom. The Kier molecular flexibility index (Phi) is 7.37. The number of aliphatic hydroxyl groups is 1. The number of benzene rings is 3.